The molecule has 2 heteroatoms. The Kier molecular flexibility index (Phi) is 5.83. The first-order valence-corrected chi connectivity index (χ1v) is 6.94. The standard InChI is InChI=1S/C16H27NO/c1-6-7-15(18)10-17-14(5)16-9-12(3)11(2)8-13(16)4/h8-9,14-15,17-18H,6-7,10H2,1-5H3. The van der Waals surface area contributed by atoms with Gasteiger partial charge in [0.05, 0.1) is 6.10 Å². The molecule has 0 amide bonds. The molecule has 0 saturated carbocycles. The lowest BCUT2D eigenvalue weighted by Crippen LogP contribution is -2.29. The second-order valence-electron chi connectivity index (χ2n) is 5.37. The van der Waals surface area contributed by atoms with Crippen LogP contribution in [0.25, 0.3) is 0 Å². The lowest BCUT2D eigenvalue weighted by Gasteiger charge is -2.20. The Balaban J connectivity index is 2.66. The maximum atomic E-state index is 9.75. The highest BCUT2D eigenvalue weighted by atomic mass is 16.3. The van der Waals surface area contributed by atoms with E-state index in [-0.39, 0.29) is 12.1 Å². The van der Waals surface area contributed by atoms with Crippen LogP contribution < -0.4 is 5.32 Å². The Bertz CT molecular complexity index is 387. The predicted octanol–water partition coefficient (Wildman–Crippen LogP) is 3.42. The quantitative estimate of drug-likeness (QED) is 0.809. The van der Waals surface area contributed by atoms with E-state index in [0.717, 1.165) is 12.8 Å². The van der Waals surface area contributed by atoms with Crippen LogP contribution in [0.1, 0.15) is 55.0 Å². The minimum absolute atomic E-state index is 0.232. The van der Waals surface area contributed by atoms with E-state index in [1.54, 1.807) is 0 Å². The summed E-state index contributed by atoms with van der Waals surface area (Å²) in [6.45, 7) is 11.4. The van der Waals surface area contributed by atoms with E-state index in [1.165, 1.54) is 22.3 Å². The maximum Gasteiger partial charge on any atom is 0.0664 e. The van der Waals surface area contributed by atoms with Crippen molar-refractivity contribution >= 4 is 0 Å². The largest absolute Gasteiger partial charge is 0.392 e. The zero-order chi connectivity index (χ0) is 13.7. The van der Waals surface area contributed by atoms with E-state index in [0.29, 0.717) is 6.54 Å². The van der Waals surface area contributed by atoms with Crippen LogP contribution in [-0.2, 0) is 0 Å². The summed E-state index contributed by atoms with van der Waals surface area (Å²) in [5.41, 5.74) is 5.33. The summed E-state index contributed by atoms with van der Waals surface area (Å²) in [6.07, 6.45) is 1.66. The first kappa shape index (κ1) is 15.2. The van der Waals surface area contributed by atoms with Gasteiger partial charge in [0.15, 0.2) is 0 Å². The molecule has 2 unspecified atom stereocenters. The van der Waals surface area contributed by atoms with Gasteiger partial charge in [0.1, 0.15) is 0 Å². The molecule has 0 aliphatic carbocycles. The molecular formula is C16H27NO. The molecule has 0 heterocycles. The molecule has 0 saturated heterocycles. The number of aliphatic hydroxyl groups is 1. The normalized spacial score (nSPS) is 14.6. The number of aryl methyl sites for hydroxylation is 3. The van der Waals surface area contributed by atoms with E-state index in [2.05, 4.69) is 52.1 Å². The monoisotopic (exact) mass is 249 g/mol. The highest BCUT2D eigenvalue weighted by Crippen LogP contribution is 2.21. The second-order valence-corrected chi connectivity index (χ2v) is 5.37. The summed E-state index contributed by atoms with van der Waals surface area (Å²) in [5.74, 6) is 0. The summed E-state index contributed by atoms with van der Waals surface area (Å²) in [4.78, 5) is 0. The van der Waals surface area contributed by atoms with Gasteiger partial charge >= 0.3 is 0 Å². The third-order valence-electron chi connectivity index (χ3n) is 3.63. The van der Waals surface area contributed by atoms with Crippen LogP contribution in [0.15, 0.2) is 12.1 Å². The van der Waals surface area contributed by atoms with Crippen molar-refractivity contribution in [2.45, 2.75) is 59.6 Å². The van der Waals surface area contributed by atoms with Crippen molar-refractivity contribution in [1.29, 1.82) is 0 Å². The minimum Gasteiger partial charge on any atom is -0.392 e. The van der Waals surface area contributed by atoms with Gasteiger partial charge in [-0.25, -0.2) is 0 Å². The molecule has 1 aromatic carbocycles. The maximum absolute atomic E-state index is 9.75. The van der Waals surface area contributed by atoms with Gasteiger partial charge in [0.2, 0.25) is 0 Å². The number of hydrogen-bond acceptors (Lipinski definition) is 2. The van der Waals surface area contributed by atoms with Crippen LogP contribution >= 0.6 is 0 Å². The zero-order valence-corrected chi connectivity index (χ0v) is 12.4. The molecule has 0 aliphatic rings. The molecule has 0 fully saturated rings. The summed E-state index contributed by atoms with van der Waals surface area (Å²) in [5, 5.41) is 13.2. The zero-order valence-electron chi connectivity index (χ0n) is 12.4. The third kappa shape index (κ3) is 4.11. The number of nitrogens with one attached hydrogen (secondary N) is 1. The van der Waals surface area contributed by atoms with Crippen molar-refractivity contribution in [1.82, 2.24) is 5.32 Å². The van der Waals surface area contributed by atoms with Crippen molar-refractivity contribution in [2.24, 2.45) is 0 Å². The lowest BCUT2D eigenvalue weighted by molar-refractivity contribution is 0.157. The Morgan fingerprint density at radius 2 is 1.72 bits per heavy atom. The Morgan fingerprint density at radius 1 is 1.11 bits per heavy atom. The van der Waals surface area contributed by atoms with Crippen molar-refractivity contribution in [2.75, 3.05) is 6.54 Å². The fourth-order valence-electron chi connectivity index (χ4n) is 2.31. The average Bonchev–Trinajstić information content (AvgIpc) is 2.31. The summed E-state index contributed by atoms with van der Waals surface area (Å²) >= 11 is 0. The van der Waals surface area contributed by atoms with Crippen molar-refractivity contribution in [3.8, 4) is 0 Å². The number of hydrogen-bond donors (Lipinski definition) is 2. The number of rotatable bonds is 6. The van der Waals surface area contributed by atoms with E-state index in [1.807, 2.05) is 0 Å². The van der Waals surface area contributed by atoms with Gasteiger partial charge in [0.25, 0.3) is 0 Å². The van der Waals surface area contributed by atoms with Crippen molar-refractivity contribution < 1.29 is 5.11 Å². The predicted molar refractivity (Wildman–Crippen MR) is 78.0 cm³/mol. The Labute approximate surface area is 111 Å². The van der Waals surface area contributed by atoms with Gasteiger partial charge in [-0.2, -0.15) is 0 Å². The highest BCUT2D eigenvalue weighted by molar-refractivity contribution is 5.37. The van der Waals surface area contributed by atoms with Crippen LogP contribution in [0.5, 0.6) is 0 Å². The topological polar surface area (TPSA) is 32.3 Å². The van der Waals surface area contributed by atoms with Gasteiger partial charge in [0, 0.05) is 12.6 Å². The fraction of sp³-hybridized carbons (Fsp3) is 0.625. The highest BCUT2D eigenvalue weighted by Gasteiger charge is 2.11. The van der Waals surface area contributed by atoms with Gasteiger partial charge in [-0.05, 0) is 56.4 Å². The molecule has 2 nitrogen and oxygen atoms in total. The first-order chi connectivity index (χ1) is 8.45. The van der Waals surface area contributed by atoms with Crippen LogP contribution in [0.2, 0.25) is 0 Å². The Morgan fingerprint density at radius 3 is 2.33 bits per heavy atom. The average molecular weight is 249 g/mol. The molecule has 0 radical (unpaired) electrons. The second kappa shape index (κ2) is 6.91. The smallest absolute Gasteiger partial charge is 0.0664 e. The molecule has 1 aromatic rings. The van der Waals surface area contributed by atoms with Crippen LogP contribution in [0.3, 0.4) is 0 Å². The summed E-state index contributed by atoms with van der Waals surface area (Å²) < 4.78 is 0. The molecule has 0 aromatic heterocycles. The molecule has 1 rings (SSSR count). The van der Waals surface area contributed by atoms with E-state index in [4.69, 9.17) is 0 Å². The van der Waals surface area contributed by atoms with Gasteiger partial charge < -0.3 is 10.4 Å². The van der Waals surface area contributed by atoms with Crippen LogP contribution in [0, 0.1) is 20.8 Å². The van der Waals surface area contributed by atoms with Crippen LogP contribution in [-0.4, -0.2) is 17.8 Å². The van der Waals surface area contributed by atoms with E-state index >= 15 is 0 Å². The fourth-order valence-corrected chi connectivity index (χ4v) is 2.31. The van der Waals surface area contributed by atoms with Gasteiger partial charge in [-0.1, -0.05) is 25.5 Å². The van der Waals surface area contributed by atoms with E-state index in [9.17, 15) is 5.11 Å². The van der Waals surface area contributed by atoms with Crippen molar-refractivity contribution in [3.05, 3.63) is 34.4 Å². The SMILES string of the molecule is CCCC(O)CNC(C)c1cc(C)c(C)cc1C. The lowest BCUT2D eigenvalue weighted by atomic mass is 9.96. The molecule has 0 bridgehead atoms. The molecule has 0 spiro atoms. The van der Waals surface area contributed by atoms with Crippen molar-refractivity contribution in [3.63, 3.8) is 0 Å². The molecule has 2 atom stereocenters. The number of benzene rings is 1. The molecule has 2 N–H and O–H groups in total. The first-order valence-electron chi connectivity index (χ1n) is 6.94. The third-order valence-corrected chi connectivity index (χ3v) is 3.63. The van der Waals surface area contributed by atoms with Gasteiger partial charge in [-0.15, -0.1) is 0 Å². The van der Waals surface area contributed by atoms with Gasteiger partial charge in [-0.3, -0.25) is 0 Å². The molecule has 18 heavy (non-hydrogen) atoms. The van der Waals surface area contributed by atoms with Crippen LogP contribution in [0.4, 0.5) is 0 Å². The minimum atomic E-state index is -0.232. The molecule has 0 aliphatic heterocycles. The number of aliphatic hydroxyl groups excluding tert-OH is 1. The van der Waals surface area contributed by atoms with E-state index < -0.39 is 0 Å². The summed E-state index contributed by atoms with van der Waals surface area (Å²) in [7, 11) is 0. The molecule has 102 valence electrons. The molecular weight excluding hydrogens is 222 g/mol. The Hall–Kier alpha value is -0.860. The summed E-state index contributed by atoms with van der Waals surface area (Å²) in [6, 6.07) is 4.79.